The van der Waals surface area contributed by atoms with Crippen molar-refractivity contribution in [3.63, 3.8) is 0 Å². The SMILES string of the molecule is Fc1cc(C2OCCO2)c(C(F)(F)F)cc1F. The van der Waals surface area contributed by atoms with Gasteiger partial charge in [0.1, 0.15) is 0 Å². The van der Waals surface area contributed by atoms with E-state index in [0.717, 1.165) is 0 Å². The van der Waals surface area contributed by atoms with E-state index in [1.54, 1.807) is 0 Å². The predicted octanol–water partition coefficient (Wildman–Crippen LogP) is 3.03. The van der Waals surface area contributed by atoms with Crippen molar-refractivity contribution in [2.75, 3.05) is 13.2 Å². The number of hydrogen-bond acceptors (Lipinski definition) is 2. The van der Waals surface area contributed by atoms with Crippen LogP contribution in [-0.4, -0.2) is 13.2 Å². The smallest absolute Gasteiger partial charge is 0.346 e. The number of benzene rings is 1. The van der Waals surface area contributed by atoms with Crippen molar-refractivity contribution < 1.29 is 31.4 Å². The Morgan fingerprint density at radius 1 is 1.00 bits per heavy atom. The normalized spacial score (nSPS) is 17.7. The average molecular weight is 254 g/mol. The molecule has 0 amide bonds. The van der Waals surface area contributed by atoms with E-state index in [0.29, 0.717) is 6.07 Å². The van der Waals surface area contributed by atoms with Gasteiger partial charge in [-0.25, -0.2) is 8.78 Å². The maximum absolute atomic E-state index is 12.9. The van der Waals surface area contributed by atoms with Crippen molar-refractivity contribution in [1.29, 1.82) is 0 Å². The number of rotatable bonds is 1. The van der Waals surface area contributed by atoms with Gasteiger partial charge < -0.3 is 9.47 Å². The van der Waals surface area contributed by atoms with E-state index in [-0.39, 0.29) is 19.3 Å². The molecular formula is C10H7F5O2. The molecule has 0 aliphatic carbocycles. The molecule has 1 aromatic carbocycles. The zero-order valence-electron chi connectivity index (χ0n) is 8.35. The van der Waals surface area contributed by atoms with Gasteiger partial charge in [0, 0.05) is 5.56 Å². The van der Waals surface area contributed by atoms with Crippen LogP contribution in [0, 0.1) is 11.6 Å². The summed E-state index contributed by atoms with van der Waals surface area (Å²) in [6.45, 7) is 0.224. The number of ether oxygens (including phenoxy) is 2. The lowest BCUT2D eigenvalue weighted by Gasteiger charge is -2.17. The second-order valence-electron chi connectivity index (χ2n) is 3.42. The Kier molecular flexibility index (Phi) is 3.05. The molecule has 1 aromatic rings. The molecule has 0 spiro atoms. The summed E-state index contributed by atoms with van der Waals surface area (Å²) in [6.07, 6.45) is -6.10. The Balaban J connectivity index is 2.51. The molecule has 0 unspecified atom stereocenters. The summed E-state index contributed by atoms with van der Waals surface area (Å²) in [4.78, 5) is 0. The molecule has 0 atom stereocenters. The molecule has 0 N–H and O–H groups in total. The molecule has 17 heavy (non-hydrogen) atoms. The molecule has 1 saturated heterocycles. The van der Waals surface area contributed by atoms with Gasteiger partial charge in [-0.15, -0.1) is 0 Å². The highest BCUT2D eigenvalue weighted by atomic mass is 19.4. The van der Waals surface area contributed by atoms with Crippen LogP contribution in [0.25, 0.3) is 0 Å². The lowest BCUT2D eigenvalue weighted by atomic mass is 10.1. The molecule has 1 fully saturated rings. The molecule has 0 radical (unpaired) electrons. The van der Waals surface area contributed by atoms with Crippen LogP contribution in [0.1, 0.15) is 17.4 Å². The summed E-state index contributed by atoms with van der Waals surface area (Å²) >= 11 is 0. The van der Waals surface area contributed by atoms with Crippen molar-refractivity contribution in [1.82, 2.24) is 0 Å². The molecule has 0 bridgehead atoms. The number of hydrogen-bond donors (Lipinski definition) is 0. The van der Waals surface area contributed by atoms with Gasteiger partial charge in [0.25, 0.3) is 0 Å². The van der Waals surface area contributed by atoms with E-state index in [4.69, 9.17) is 9.47 Å². The van der Waals surface area contributed by atoms with Crippen molar-refractivity contribution in [2.24, 2.45) is 0 Å². The highest BCUT2D eigenvalue weighted by Crippen LogP contribution is 2.38. The fraction of sp³-hybridized carbons (Fsp3) is 0.400. The maximum atomic E-state index is 12.9. The minimum Gasteiger partial charge on any atom is -0.346 e. The van der Waals surface area contributed by atoms with Crippen LogP contribution < -0.4 is 0 Å². The average Bonchev–Trinajstić information content (AvgIpc) is 2.73. The van der Waals surface area contributed by atoms with E-state index in [1.807, 2.05) is 0 Å². The summed E-state index contributed by atoms with van der Waals surface area (Å²) in [5.74, 6) is -2.92. The van der Waals surface area contributed by atoms with Crippen LogP contribution in [-0.2, 0) is 15.7 Å². The first-order valence-corrected chi connectivity index (χ1v) is 4.69. The molecule has 2 nitrogen and oxygen atoms in total. The van der Waals surface area contributed by atoms with E-state index in [2.05, 4.69) is 0 Å². The van der Waals surface area contributed by atoms with Crippen LogP contribution in [0.4, 0.5) is 22.0 Å². The fourth-order valence-electron chi connectivity index (χ4n) is 1.54. The molecular weight excluding hydrogens is 247 g/mol. The third kappa shape index (κ3) is 2.39. The maximum Gasteiger partial charge on any atom is 0.416 e. The third-order valence-electron chi connectivity index (χ3n) is 2.27. The van der Waals surface area contributed by atoms with Gasteiger partial charge in [0.05, 0.1) is 18.8 Å². The van der Waals surface area contributed by atoms with Crippen molar-refractivity contribution in [3.05, 3.63) is 34.9 Å². The second-order valence-corrected chi connectivity index (χ2v) is 3.42. The molecule has 1 heterocycles. The molecule has 94 valence electrons. The third-order valence-corrected chi connectivity index (χ3v) is 2.27. The zero-order chi connectivity index (χ0) is 12.6. The summed E-state index contributed by atoms with van der Waals surface area (Å²) < 4.78 is 73.3. The molecule has 0 saturated carbocycles. The van der Waals surface area contributed by atoms with Crippen molar-refractivity contribution >= 4 is 0 Å². The first-order chi connectivity index (χ1) is 7.89. The Morgan fingerprint density at radius 3 is 2.06 bits per heavy atom. The zero-order valence-corrected chi connectivity index (χ0v) is 8.35. The fourth-order valence-corrected chi connectivity index (χ4v) is 1.54. The Hall–Kier alpha value is -1.21. The quantitative estimate of drug-likeness (QED) is 0.717. The van der Waals surface area contributed by atoms with Crippen LogP contribution in [0.5, 0.6) is 0 Å². The largest absolute Gasteiger partial charge is 0.416 e. The Labute approximate surface area is 92.9 Å². The van der Waals surface area contributed by atoms with E-state index >= 15 is 0 Å². The summed E-state index contributed by atoms with van der Waals surface area (Å²) in [6, 6.07) is 0.559. The molecule has 1 aliphatic heterocycles. The molecule has 1 aliphatic rings. The Morgan fingerprint density at radius 2 is 1.53 bits per heavy atom. The van der Waals surface area contributed by atoms with Crippen molar-refractivity contribution in [3.8, 4) is 0 Å². The van der Waals surface area contributed by atoms with E-state index in [1.165, 1.54) is 0 Å². The highest BCUT2D eigenvalue weighted by molar-refractivity contribution is 5.32. The molecule has 2 rings (SSSR count). The van der Waals surface area contributed by atoms with Crippen LogP contribution >= 0.6 is 0 Å². The van der Waals surface area contributed by atoms with E-state index < -0.39 is 35.2 Å². The lowest BCUT2D eigenvalue weighted by Crippen LogP contribution is -2.14. The van der Waals surface area contributed by atoms with Crippen LogP contribution in [0.3, 0.4) is 0 Å². The number of halogens is 5. The highest BCUT2D eigenvalue weighted by Gasteiger charge is 2.38. The van der Waals surface area contributed by atoms with Crippen LogP contribution in [0.15, 0.2) is 12.1 Å². The van der Waals surface area contributed by atoms with Gasteiger partial charge >= 0.3 is 6.18 Å². The first-order valence-electron chi connectivity index (χ1n) is 4.69. The van der Waals surface area contributed by atoms with Gasteiger partial charge in [-0.2, -0.15) is 13.2 Å². The van der Waals surface area contributed by atoms with Crippen LogP contribution in [0.2, 0.25) is 0 Å². The minimum atomic E-state index is -4.79. The summed E-state index contributed by atoms with van der Waals surface area (Å²) in [5.41, 5.74) is -1.84. The standard InChI is InChI=1S/C10H7F5O2/c11-7-3-5(9-16-1-2-17-9)6(4-8(7)12)10(13,14)15/h3-4,9H,1-2H2. The van der Waals surface area contributed by atoms with Gasteiger partial charge in [-0.05, 0) is 12.1 Å². The van der Waals surface area contributed by atoms with Crippen molar-refractivity contribution in [2.45, 2.75) is 12.5 Å². The molecule has 0 aromatic heterocycles. The van der Waals surface area contributed by atoms with Gasteiger partial charge in [0.15, 0.2) is 17.9 Å². The topological polar surface area (TPSA) is 18.5 Å². The summed E-state index contributed by atoms with van der Waals surface area (Å²) in [5, 5.41) is 0. The Bertz CT molecular complexity index is 423. The minimum absolute atomic E-state index is 0.107. The van der Waals surface area contributed by atoms with E-state index in [9.17, 15) is 22.0 Å². The van der Waals surface area contributed by atoms with Gasteiger partial charge in [-0.3, -0.25) is 0 Å². The first kappa shape index (κ1) is 12.3. The monoisotopic (exact) mass is 254 g/mol. The lowest BCUT2D eigenvalue weighted by molar-refractivity contribution is -0.142. The number of alkyl halides is 3. The predicted molar refractivity (Wildman–Crippen MR) is 46.0 cm³/mol. The van der Waals surface area contributed by atoms with Gasteiger partial charge in [-0.1, -0.05) is 0 Å². The summed E-state index contributed by atoms with van der Waals surface area (Å²) in [7, 11) is 0. The molecule has 7 heteroatoms. The second kappa shape index (κ2) is 4.23. The van der Waals surface area contributed by atoms with Gasteiger partial charge in [0.2, 0.25) is 0 Å².